The average molecular weight is 556 g/mol. The van der Waals surface area contributed by atoms with Gasteiger partial charge in [0.25, 0.3) is 5.91 Å². The molecule has 5 rings (SSSR count). The number of aliphatic carboxylic acids is 1. The minimum Gasteiger partial charge on any atom is -0.494 e. The molecule has 1 saturated heterocycles. The van der Waals surface area contributed by atoms with Crippen molar-refractivity contribution in [2.24, 2.45) is 0 Å². The van der Waals surface area contributed by atoms with Crippen molar-refractivity contribution in [3.63, 3.8) is 0 Å². The van der Waals surface area contributed by atoms with E-state index in [2.05, 4.69) is 5.32 Å². The Morgan fingerprint density at radius 2 is 1.84 bits per heavy atom. The number of nitrogens with one attached hydrogen (secondary N) is 1. The number of sulfone groups is 1. The third-order valence-corrected chi connectivity index (χ3v) is 10.1. The van der Waals surface area contributed by atoms with E-state index in [0.717, 1.165) is 40.0 Å². The zero-order valence-corrected chi connectivity index (χ0v) is 22.6. The molecule has 0 unspecified atom stereocenters. The Bertz CT molecular complexity index is 1470. The highest BCUT2D eigenvalue weighted by atomic mass is 32.2. The molecule has 1 fully saturated rings. The van der Waals surface area contributed by atoms with Crippen molar-refractivity contribution >= 4 is 33.1 Å². The summed E-state index contributed by atoms with van der Waals surface area (Å²) in [6.45, 7) is 1.55. The van der Waals surface area contributed by atoms with Crippen molar-refractivity contribution in [1.29, 1.82) is 0 Å². The molecule has 2 aliphatic rings. The van der Waals surface area contributed by atoms with Crippen LogP contribution in [0.2, 0.25) is 0 Å². The molecule has 8 nitrogen and oxygen atoms in total. The molecule has 1 aromatic heterocycles. The molecule has 38 heavy (non-hydrogen) atoms. The fourth-order valence-electron chi connectivity index (χ4n) is 5.10. The van der Waals surface area contributed by atoms with Gasteiger partial charge in [0, 0.05) is 18.4 Å². The van der Waals surface area contributed by atoms with Gasteiger partial charge >= 0.3 is 5.97 Å². The fourth-order valence-corrected chi connectivity index (χ4v) is 7.57. The summed E-state index contributed by atoms with van der Waals surface area (Å²) in [6, 6.07) is 15.1. The largest absolute Gasteiger partial charge is 0.494 e. The summed E-state index contributed by atoms with van der Waals surface area (Å²) in [4.78, 5) is 24.7. The summed E-state index contributed by atoms with van der Waals surface area (Å²) < 4.78 is 36.4. The molecule has 0 saturated carbocycles. The Hall–Kier alpha value is -3.21. The summed E-state index contributed by atoms with van der Waals surface area (Å²) >= 11 is 1.05. The van der Waals surface area contributed by atoms with Crippen LogP contribution in [-0.2, 0) is 37.6 Å². The molecular weight excluding hydrogens is 526 g/mol. The number of hydrogen-bond acceptors (Lipinski definition) is 7. The van der Waals surface area contributed by atoms with Gasteiger partial charge in [0.05, 0.1) is 36.5 Å². The maximum absolute atomic E-state index is 13.1. The topological polar surface area (TPSA) is 119 Å². The van der Waals surface area contributed by atoms with Crippen LogP contribution in [0.3, 0.4) is 0 Å². The molecule has 0 spiro atoms. The lowest BCUT2D eigenvalue weighted by atomic mass is 9.76. The van der Waals surface area contributed by atoms with Gasteiger partial charge in [-0.1, -0.05) is 36.4 Å². The zero-order valence-electron chi connectivity index (χ0n) is 21.0. The standard InChI is InChI=1S/C28H29NO7S2/c1-38(33,34)27-24-21-6-3-2-5-18(21)7-12-22(24)25(37-27)26(32)29-13-4-14-36-20-10-8-19(9-11-20)28(15-23(30)31)16-35-17-28/h2-3,5-6,8-11H,4,7,12-17H2,1H3,(H,29,32)(H,30,31). The first-order valence-corrected chi connectivity index (χ1v) is 15.1. The van der Waals surface area contributed by atoms with Gasteiger partial charge in [-0.25, -0.2) is 8.42 Å². The van der Waals surface area contributed by atoms with Gasteiger partial charge in [0.15, 0.2) is 9.84 Å². The lowest BCUT2D eigenvalue weighted by Gasteiger charge is -2.40. The predicted molar refractivity (Wildman–Crippen MR) is 144 cm³/mol. The van der Waals surface area contributed by atoms with E-state index in [0.29, 0.717) is 55.4 Å². The number of amides is 1. The van der Waals surface area contributed by atoms with E-state index >= 15 is 0 Å². The number of rotatable bonds is 10. The summed E-state index contributed by atoms with van der Waals surface area (Å²) in [6.07, 6.45) is 3.17. The molecule has 1 aliphatic heterocycles. The highest BCUT2D eigenvalue weighted by Gasteiger charge is 2.42. The van der Waals surface area contributed by atoms with Crippen molar-refractivity contribution in [2.45, 2.75) is 35.3 Å². The normalized spacial score (nSPS) is 15.6. The number of carbonyl (C=O) groups is 2. The van der Waals surface area contributed by atoms with Crippen molar-refractivity contribution in [1.82, 2.24) is 5.32 Å². The van der Waals surface area contributed by atoms with Crippen LogP contribution in [0, 0.1) is 0 Å². The minimum atomic E-state index is -3.49. The monoisotopic (exact) mass is 555 g/mol. The highest BCUT2D eigenvalue weighted by Crippen LogP contribution is 2.44. The van der Waals surface area contributed by atoms with Crippen LogP contribution in [0.15, 0.2) is 52.7 Å². The molecule has 0 bridgehead atoms. The second-order valence-electron chi connectivity index (χ2n) is 9.83. The minimum absolute atomic E-state index is 0.0263. The summed E-state index contributed by atoms with van der Waals surface area (Å²) in [5.74, 6) is -0.456. The van der Waals surface area contributed by atoms with E-state index in [9.17, 15) is 23.1 Å². The molecule has 2 heterocycles. The third-order valence-electron chi connectivity index (χ3n) is 7.04. The Labute approximate surface area is 225 Å². The fraction of sp³-hybridized carbons (Fsp3) is 0.357. The van der Waals surface area contributed by atoms with Gasteiger partial charge in [-0.3, -0.25) is 9.59 Å². The van der Waals surface area contributed by atoms with Gasteiger partial charge in [0.2, 0.25) is 0 Å². The number of carboxylic acids is 1. The van der Waals surface area contributed by atoms with Gasteiger partial charge in [-0.2, -0.15) is 0 Å². The molecule has 200 valence electrons. The number of carboxylic acid groups (broad SMARTS) is 1. The molecule has 10 heteroatoms. The van der Waals surface area contributed by atoms with Crippen molar-refractivity contribution in [3.8, 4) is 16.9 Å². The van der Waals surface area contributed by atoms with E-state index in [4.69, 9.17) is 9.47 Å². The quantitative estimate of drug-likeness (QED) is 0.365. The Kier molecular flexibility index (Phi) is 7.30. The second kappa shape index (κ2) is 10.5. The van der Waals surface area contributed by atoms with Crippen LogP contribution >= 0.6 is 11.3 Å². The van der Waals surface area contributed by atoms with Crippen LogP contribution in [0.4, 0.5) is 0 Å². The molecule has 3 aromatic rings. The Morgan fingerprint density at radius 1 is 1.11 bits per heavy atom. The van der Waals surface area contributed by atoms with E-state index in [1.807, 2.05) is 48.5 Å². The smallest absolute Gasteiger partial charge is 0.304 e. The highest BCUT2D eigenvalue weighted by molar-refractivity contribution is 7.93. The van der Waals surface area contributed by atoms with E-state index < -0.39 is 21.2 Å². The number of ether oxygens (including phenoxy) is 2. The first kappa shape index (κ1) is 26.4. The Balaban J connectivity index is 1.18. The lowest BCUT2D eigenvalue weighted by Crippen LogP contribution is -2.48. The third kappa shape index (κ3) is 5.21. The van der Waals surface area contributed by atoms with E-state index in [1.165, 1.54) is 6.26 Å². The zero-order chi connectivity index (χ0) is 26.9. The average Bonchev–Trinajstić information content (AvgIpc) is 3.27. The maximum atomic E-state index is 13.1. The maximum Gasteiger partial charge on any atom is 0.304 e. The van der Waals surface area contributed by atoms with E-state index in [1.54, 1.807) is 0 Å². The lowest BCUT2D eigenvalue weighted by molar-refractivity contribution is -0.145. The first-order chi connectivity index (χ1) is 18.2. The van der Waals surface area contributed by atoms with Gasteiger partial charge in [0.1, 0.15) is 9.96 Å². The van der Waals surface area contributed by atoms with Crippen molar-refractivity contribution in [2.75, 3.05) is 32.6 Å². The van der Waals surface area contributed by atoms with Crippen molar-refractivity contribution < 1.29 is 32.6 Å². The molecule has 2 N–H and O–H groups in total. The number of hydrogen-bond donors (Lipinski definition) is 2. The predicted octanol–water partition coefficient (Wildman–Crippen LogP) is 3.86. The molecular formula is C28H29NO7S2. The van der Waals surface area contributed by atoms with Gasteiger partial charge in [-0.05, 0) is 53.6 Å². The Morgan fingerprint density at radius 3 is 2.50 bits per heavy atom. The number of thiophene rings is 1. The molecule has 1 aliphatic carbocycles. The summed E-state index contributed by atoms with van der Waals surface area (Å²) in [5, 5.41) is 12.1. The van der Waals surface area contributed by atoms with E-state index in [-0.39, 0.29) is 16.5 Å². The van der Waals surface area contributed by atoms with Crippen LogP contribution in [0.25, 0.3) is 11.1 Å². The summed E-state index contributed by atoms with van der Waals surface area (Å²) in [5.41, 5.74) is 3.91. The van der Waals surface area contributed by atoms with Crippen molar-refractivity contribution in [3.05, 3.63) is 70.1 Å². The number of carbonyl (C=O) groups excluding carboxylic acids is 1. The molecule has 1 amide bonds. The number of benzene rings is 2. The molecule has 0 radical (unpaired) electrons. The van der Waals surface area contributed by atoms with Crippen LogP contribution in [0.1, 0.15) is 39.2 Å². The van der Waals surface area contributed by atoms with Crippen LogP contribution in [0.5, 0.6) is 5.75 Å². The van der Waals surface area contributed by atoms with Gasteiger partial charge < -0.3 is 19.9 Å². The molecule has 2 aromatic carbocycles. The second-order valence-corrected chi connectivity index (χ2v) is 13.1. The number of aryl methyl sites for hydroxylation is 1. The first-order valence-electron chi connectivity index (χ1n) is 12.4. The SMILES string of the molecule is CS(=O)(=O)c1sc(C(=O)NCCCOc2ccc(C3(CC(=O)O)COC3)cc2)c2c1-c1ccccc1CC2. The van der Waals surface area contributed by atoms with Gasteiger partial charge in [-0.15, -0.1) is 11.3 Å². The van der Waals surface area contributed by atoms with Crippen LogP contribution < -0.4 is 10.1 Å². The molecule has 0 atom stereocenters. The summed E-state index contributed by atoms with van der Waals surface area (Å²) in [7, 11) is -3.49. The number of fused-ring (bicyclic) bond motifs is 3. The van der Waals surface area contributed by atoms with Crippen LogP contribution in [-0.4, -0.2) is 58.0 Å².